The Morgan fingerprint density at radius 3 is 2.50 bits per heavy atom. The highest BCUT2D eigenvalue weighted by Gasteiger charge is 2.38. The van der Waals surface area contributed by atoms with Gasteiger partial charge in [0.25, 0.3) is 0 Å². The third-order valence-corrected chi connectivity index (χ3v) is 3.08. The van der Waals surface area contributed by atoms with Crippen molar-refractivity contribution in [2.24, 2.45) is 0 Å². The molecular weight excluding hydrogens is 250 g/mol. The molecule has 1 unspecified atom stereocenters. The van der Waals surface area contributed by atoms with E-state index in [1.54, 1.807) is 0 Å². The number of likely N-dealkylation sites (N-methyl/N-ethyl adjacent to an activating group) is 1. The summed E-state index contributed by atoms with van der Waals surface area (Å²) < 4.78 is 109. The molecule has 0 spiro atoms. The molecule has 0 bridgehead atoms. The van der Waals surface area contributed by atoms with Gasteiger partial charge < -0.3 is 14.7 Å². The smallest absolute Gasteiger partial charge is 0.118 e. The average Bonchev–Trinajstić information content (AvgIpc) is 2.63. The first kappa shape index (κ1) is 5.62. The first-order chi connectivity index (χ1) is 14.5. The summed E-state index contributed by atoms with van der Waals surface area (Å²) in [7, 11) is 0.302. The second kappa shape index (κ2) is 6.59. The summed E-state index contributed by atoms with van der Waals surface area (Å²) >= 11 is 0. The lowest BCUT2D eigenvalue weighted by Gasteiger charge is -2.40. The largest absolute Gasteiger partial charge is 0.497 e. The molecule has 0 aromatic heterocycles. The molecule has 1 N–H and O–H groups in total. The molecular formula is C17H27NO2. The number of ether oxygens (including phenoxy) is 1. The van der Waals surface area contributed by atoms with Crippen molar-refractivity contribution in [1.82, 2.24) is 4.90 Å². The molecule has 1 fully saturated rings. The van der Waals surface area contributed by atoms with Crippen molar-refractivity contribution in [2.45, 2.75) is 43.4 Å². The predicted molar refractivity (Wildman–Crippen MR) is 82.3 cm³/mol. The quantitative estimate of drug-likeness (QED) is 0.905. The Bertz CT molecular complexity index is 835. The van der Waals surface area contributed by atoms with Gasteiger partial charge in [0.15, 0.2) is 0 Å². The van der Waals surface area contributed by atoms with Crippen molar-refractivity contribution in [3.8, 4) is 5.75 Å². The van der Waals surface area contributed by atoms with Gasteiger partial charge in [0, 0.05) is 26.2 Å². The average molecular weight is 290 g/mol. The molecule has 1 aliphatic rings. The van der Waals surface area contributed by atoms with Crippen LogP contribution < -0.4 is 4.74 Å². The van der Waals surface area contributed by atoms with Crippen LogP contribution in [0.1, 0.15) is 61.2 Å². The Hall–Kier alpha value is -1.06. The lowest BCUT2D eigenvalue weighted by atomic mass is 9.72. The van der Waals surface area contributed by atoms with Gasteiger partial charge >= 0.3 is 0 Å². The third kappa shape index (κ3) is 3.53. The van der Waals surface area contributed by atoms with Crippen molar-refractivity contribution in [3.63, 3.8) is 0 Å². The number of rotatable bonds is 5. The van der Waals surface area contributed by atoms with Crippen LogP contribution in [0.3, 0.4) is 0 Å². The fourth-order valence-electron chi connectivity index (χ4n) is 2.10. The van der Waals surface area contributed by atoms with Gasteiger partial charge in [-0.25, -0.2) is 0 Å². The number of benzene rings is 1. The number of nitrogens with zero attached hydrogens (tertiary/aromatic N) is 1. The van der Waals surface area contributed by atoms with Crippen molar-refractivity contribution >= 4 is 0 Å². The Balaban J connectivity index is 2.79. The van der Waals surface area contributed by atoms with Gasteiger partial charge in [-0.3, -0.25) is 0 Å². The van der Waals surface area contributed by atoms with Gasteiger partial charge in [0.2, 0.25) is 0 Å². The van der Waals surface area contributed by atoms with Gasteiger partial charge in [-0.15, -0.1) is 0 Å². The zero-order valence-electron chi connectivity index (χ0n) is 24.4. The fraction of sp³-hybridized carbons (Fsp3) is 0.647. The van der Waals surface area contributed by atoms with Crippen molar-refractivity contribution < 1.29 is 27.7 Å². The zero-order chi connectivity index (χ0) is 26.1. The molecule has 1 aromatic rings. The molecule has 0 heterocycles. The van der Waals surface area contributed by atoms with E-state index in [1.807, 2.05) is 0 Å². The minimum absolute atomic E-state index is 0.0471. The topological polar surface area (TPSA) is 32.7 Å². The minimum atomic E-state index is -3.64. The van der Waals surface area contributed by atoms with Crippen LogP contribution >= 0.6 is 0 Å². The van der Waals surface area contributed by atoms with E-state index in [1.165, 1.54) is 43.3 Å². The summed E-state index contributed by atoms with van der Waals surface area (Å²) in [6.07, 6.45) is -18.1. The van der Waals surface area contributed by atoms with Crippen LogP contribution in [0.15, 0.2) is 24.3 Å². The Kier molecular flexibility index (Phi) is 1.85. The molecule has 3 heteroatoms. The zero-order valence-corrected chi connectivity index (χ0v) is 11.4. The van der Waals surface area contributed by atoms with Crippen LogP contribution in [0.4, 0.5) is 0 Å². The first-order valence-corrected chi connectivity index (χ1v) is 6.15. The van der Waals surface area contributed by atoms with E-state index in [-0.39, 0.29) is 17.9 Å². The Labute approximate surface area is 140 Å². The summed E-state index contributed by atoms with van der Waals surface area (Å²) in [4.78, 5) is 1.45. The number of hydrogen-bond donors (Lipinski definition) is 1. The van der Waals surface area contributed by atoms with Gasteiger partial charge in [0.05, 0.1) is 16.8 Å². The molecule has 0 radical (unpaired) electrons. The van der Waals surface area contributed by atoms with E-state index in [2.05, 4.69) is 0 Å². The van der Waals surface area contributed by atoms with E-state index in [0.29, 0.717) is 0 Å². The number of hydrogen-bond acceptors (Lipinski definition) is 3. The molecule has 112 valence electrons. The van der Waals surface area contributed by atoms with Crippen LogP contribution in [-0.2, 0) is 0 Å². The third-order valence-electron chi connectivity index (χ3n) is 3.08. The predicted octanol–water partition coefficient (Wildman–Crippen LogP) is 3.04. The van der Waals surface area contributed by atoms with E-state index in [9.17, 15) is 5.11 Å². The van der Waals surface area contributed by atoms with E-state index in [0.717, 1.165) is 0 Å². The molecule has 1 saturated carbocycles. The molecule has 3 nitrogen and oxygen atoms in total. The van der Waals surface area contributed by atoms with Crippen LogP contribution in [0.5, 0.6) is 5.75 Å². The molecule has 2 rings (SSSR count). The van der Waals surface area contributed by atoms with E-state index < -0.39 is 50.4 Å². The summed E-state index contributed by atoms with van der Waals surface area (Å²) in [5.74, 6) is -1.69. The maximum Gasteiger partial charge on any atom is 0.118 e. The van der Waals surface area contributed by atoms with Gasteiger partial charge in [-0.1, -0.05) is 31.3 Å². The van der Waals surface area contributed by atoms with Crippen LogP contribution in [0.2, 0.25) is 0 Å². The molecule has 1 aromatic carbocycles. The van der Waals surface area contributed by atoms with Gasteiger partial charge in [0.1, 0.15) is 5.75 Å². The molecule has 1 aliphatic carbocycles. The highest BCUT2D eigenvalue weighted by atomic mass is 16.5. The van der Waals surface area contributed by atoms with Crippen LogP contribution in [0.25, 0.3) is 0 Å². The first-order valence-electron chi connectivity index (χ1n) is 12.6. The normalized spacial score (nSPS) is 42.7. The molecule has 20 heavy (non-hydrogen) atoms. The standard InChI is InChI=1S/C17H27NO2/c1-18(2)13-16(17(19)11-5-4-6-12-17)14-7-9-15(20-3)10-8-14/h7-10,16,19H,4-6,11-13H2,1-3H3/i3D3,4D2,5D2,6D2,11D2,12D2. The highest BCUT2D eigenvalue weighted by Crippen LogP contribution is 2.40. The summed E-state index contributed by atoms with van der Waals surface area (Å²) in [5, 5.41) is 11.7. The maximum absolute atomic E-state index is 11.7. The Morgan fingerprint density at radius 1 is 1.30 bits per heavy atom. The Morgan fingerprint density at radius 2 is 1.95 bits per heavy atom. The van der Waals surface area contributed by atoms with E-state index >= 15 is 0 Å². The van der Waals surface area contributed by atoms with Crippen LogP contribution in [-0.4, -0.2) is 43.3 Å². The molecule has 0 amide bonds. The second-order valence-corrected chi connectivity index (χ2v) is 4.88. The van der Waals surface area contributed by atoms with Crippen LogP contribution in [0, 0.1) is 0 Å². The number of aliphatic hydroxyl groups is 1. The molecule has 0 aliphatic heterocycles. The fourth-order valence-corrected chi connectivity index (χ4v) is 2.10. The SMILES string of the molecule is [2H]C([2H])([2H])Oc1ccc(C(CN(C)C)C2(O)C([2H])([2H])C([2H])([2H])C([2H])([2H])C([2H])([2H])C2([2H])[2H])cc1. The van der Waals surface area contributed by atoms with Gasteiger partial charge in [-0.05, 0) is 44.5 Å². The highest BCUT2D eigenvalue weighted by molar-refractivity contribution is 5.31. The summed E-state index contributed by atoms with van der Waals surface area (Å²) in [6, 6.07) is 4.88. The molecule has 0 saturated heterocycles. The minimum Gasteiger partial charge on any atom is -0.497 e. The lowest BCUT2D eigenvalue weighted by Crippen LogP contribution is -2.42. The van der Waals surface area contributed by atoms with Crippen molar-refractivity contribution in [3.05, 3.63) is 29.8 Å². The second-order valence-electron chi connectivity index (χ2n) is 4.88. The summed E-state index contributed by atoms with van der Waals surface area (Å²) in [6.45, 7) is -0.274. The monoisotopic (exact) mass is 290 g/mol. The summed E-state index contributed by atoms with van der Waals surface area (Å²) in [5.41, 5.74) is -3.35. The van der Waals surface area contributed by atoms with E-state index in [4.69, 9.17) is 22.6 Å². The van der Waals surface area contributed by atoms with Crippen molar-refractivity contribution in [2.75, 3.05) is 27.7 Å². The molecule has 1 atom stereocenters. The maximum atomic E-state index is 11.7. The van der Waals surface area contributed by atoms with Crippen molar-refractivity contribution in [1.29, 1.82) is 0 Å². The van der Waals surface area contributed by atoms with Gasteiger partial charge in [-0.2, -0.15) is 0 Å². The number of methoxy groups -OCH3 is 1. The lowest BCUT2D eigenvalue weighted by molar-refractivity contribution is -0.0277.